The Hall–Kier alpha value is -3.79. The van der Waals surface area contributed by atoms with E-state index in [1.165, 1.54) is 0 Å². The van der Waals surface area contributed by atoms with E-state index in [0.717, 1.165) is 24.1 Å². The average Bonchev–Trinajstić information content (AvgIpc) is 3.25. The second-order valence-electron chi connectivity index (χ2n) is 6.46. The van der Waals surface area contributed by atoms with E-state index in [0.29, 0.717) is 31.0 Å². The summed E-state index contributed by atoms with van der Waals surface area (Å²) in [5.41, 5.74) is 2.54. The number of aryl methyl sites for hydroxylation is 1. The minimum Gasteiger partial charge on any atom is -0.489 e. The first-order chi connectivity index (χ1) is 14.2. The molecule has 7 heteroatoms. The second-order valence-corrected chi connectivity index (χ2v) is 6.46. The van der Waals surface area contributed by atoms with E-state index in [1.807, 2.05) is 59.3 Å². The number of nitriles is 1. The van der Waals surface area contributed by atoms with Crippen molar-refractivity contribution in [3.05, 3.63) is 78.4 Å². The zero-order valence-corrected chi connectivity index (χ0v) is 16.0. The standard InChI is InChI=1S/C22H23N5O2/c23-11-10-18-6-8-20(9-7-18)29-16-19-4-1-2-5-21(19)26-22(28)25-12-3-14-27-15-13-24-17-27/h1-2,4-9,13,15,17H,3,10,12,14,16H2,(H2,25,26,28). The van der Waals surface area contributed by atoms with Gasteiger partial charge < -0.3 is 19.9 Å². The van der Waals surface area contributed by atoms with Crippen molar-refractivity contribution < 1.29 is 9.53 Å². The molecule has 7 nitrogen and oxygen atoms in total. The molecule has 1 heterocycles. The van der Waals surface area contributed by atoms with Crippen LogP contribution in [0.3, 0.4) is 0 Å². The molecule has 0 bridgehead atoms. The van der Waals surface area contributed by atoms with E-state index in [4.69, 9.17) is 10.00 Å². The van der Waals surface area contributed by atoms with Gasteiger partial charge in [-0.3, -0.25) is 0 Å². The van der Waals surface area contributed by atoms with Crippen LogP contribution in [0.15, 0.2) is 67.3 Å². The molecule has 0 unspecified atom stereocenters. The predicted molar refractivity (Wildman–Crippen MR) is 110 cm³/mol. The first-order valence-electron chi connectivity index (χ1n) is 9.42. The van der Waals surface area contributed by atoms with Gasteiger partial charge in [0.1, 0.15) is 12.4 Å². The number of ether oxygens (including phenoxy) is 1. The average molecular weight is 389 g/mol. The molecule has 0 aliphatic heterocycles. The van der Waals surface area contributed by atoms with Gasteiger partial charge in [0.25, 0.3) is 0 Å². The number of imidazole rings is 1. The number of nitrogens with one attached hydrogen (secondary N) is 2. The number of rotatable bonds is 9. The van der Waals surface area contributed by atoms with Gasteiger partial charge in [0.2, 0.25) is 0 Å². The van der Waals surface area contributed by atoms with E-state index in [-0.39, 0.29) is 6.03 Å². The summed E-state index contributed by atoms with van der Waals surface area (Å²) in [5, 5.41) is 14.5. The summed E-state index contributed by atoms with van der Waals surface area (Å²) in [6, 6.07) is 16.8. The van der Waals surface area contributed by atoms with Crippen LogP contribution in [0.4, 0.5) is 10.5 Å². The lowest BCUT2D eigenvalue weighted by molar-refractivity contribution is 0.251. The number of amides is 2. The van der Waals surface area contributed by atoms with E-state index in [9.17, 15) is 4.79 Å². The zero-order chi connectivity index (χ0) is 20.3. The molecule has 0 saturated heterocycles. The summed E-state index contributed by atoms with van der Waals surface area (Å²) in [6.45, 7) is 1.70. The van der Waals surface area contributed by atoms with Crippen molar-refractivity contribution in [2.45, 2.75) is 26.0 Å². The fourth-order valence-corrected chi connectivity index (χ4v) is 2.77. The Labute approximate surface area is 170 Å². The highest BCUT2D eigenvalue weighted by Gasteiger charge is 2.07. The van der Waals surface area contributed by atoms with Crippen LogP contribution in [0.1, 0.15) is 17.5 Å². The number of nitrogens with zero attached hydrogens (tertiary/aromatic N) is 3. The summed E-state index contributed by atoms with van der Waals surface area (Å²) in [7, 11) is 0. The highest BCUT2D eigenvalue weighted by Crippen LogP contribution is 2.19. The smallest absolute Gasteiger partial charge is 0.319 e. The van der Waals surface area contributed by atoms with Crippen LogP contribution in [0.25, 0.3) is 0 Å². The molecule has 0 spiro atoms. The fraction of sp³-hybridized carbons (Fsp3) is 0.227. The van der Waals surface area contributed by atoms with Gasteiger partial charge in [-0.05, 0) is 30.2 Å². The maximum atomic E-state index is 12.2. The zero-order valence-electron chi connectivity index (χ0n) is 16.0. The Kier molecular flexibility index (Phi) is 7.24. The van der Waals surface area contributed by atoms with E-state index < -0.39 is 0 Å². The molecule has 0 radical (unpaired) electrons. The number of anilines is 1. The largest absolute Gasteiger partial charge is 0.489 e. The molecule has 0 atom stereocenters. The quantitative estimate of drug-likeness (QED) is 0.545. The van der Waals surface area contributed by atoms with E-state index >= 15 is 0 Å². The minimum atomic E-state index is -0.246. The molecule has 0 fully saturated rings. The van der Waals surface area contributed by atoms with Crippen LogP contribution in [0.2, 0.25) is 0 Å². The van der Waals surface area contributed by atoms with Crippen molar-refractivity contribution in [3.63, 3.8) is 0 Å². The van der Waals surface area contributed by atoms with Crippen molar-refractivity contribution in [3.8, 4) is 11.8 Å². The van der Waals surface area contributed by atoms with Crippen molar-refractivity contribution in [1.29, 1.82) is 5.26 Å². The van der Waals surface area contributed by atoms with Gasteiger partial charge in [-0.2, -0.15) is 5.26 Å². The van der Waals surface area contributed by atoms with Crippen molar-refractivity contribution in [1.82, 2.24) is 14.9 Å². The molecule has 0 aliphatic rings. The normalized spacial score (nSPS) is 10.2. The topological polar surface area (TPSA) is 92.0 Å². The lowest BCUT2D eigenvalue weighted by Gasteiger charge is -2.13. The highest BCUT2D eigenvalue weighted by molar-refractivity contribution is 5.90. The first-order valence-corrected chi connectivity index (χ1v) is 9.42. The Morgan fingerprint density at radius 3 is 2.76 bits per heavy atom. The number of carbonyl (C=O) groups is 1. The molecular formula is C22H23N5O2. The van der Waals surface area contributed by atoms with Gasteiger partial charge >= 0.3 is 6.03 Å². The lowest BCUT2D eigenvalue weighted by Crippen LogP contribution is -2.30. The summed E-state index contributed by atoms with van der Waals surface area (Å²) < 4.78 is 7.80. The third-order valence-corrected chi connectivity index (χ3v) is 4.30. The summed E-state index contributed by atoms with van der Waals surface area (Å²) in [4.78, 5) is 16.2. The third-order valence-electron chi connectivity index (χ3n) is 4.30. The molecule has 0 saturated carbocycles. The predicted octanol–water partition coefficient (Wildman–Crippen LogP) is 3.74. The van der Waals surface area contributed by atoms with Crippen LogP contribution in [0, 0.1) is 11.3 Å². The van der Waals surface area contributed by atoms with Crippen LogP contribution >= 0.6 is 0 Å². The Bertz CT molecular complexity index is 946. The number of hydrogen-bond donors (Lipinski definition) is 2. The summed E-state index contributed by atoms with van der Waals surface area (Å²) in [5.74, 6) is 0.713. The molecule has 2 amide bonds. The Morgan fingerprint density at radius 1 is 1.17 bits per heavy atom. The molecule has 1 aromatic heterocycles. The van der Waals surface area contributed by atoms with Crippen molar-refractivity contribution in [2.75, 3.05) is 11.9 Å². The molecule has 3 rings (SSSR count). The number of hydrogen-bond acceptors (Lipinski definition) is 4. The number of carbonyl (C=O) groups excluding carboxylic acids is 1. The van der Waals surface area contributed by atoms with Gasteiger partial charge in [-0.25, -0.2) is 9.78 Å². The van der Waals surface area contributed by atoms with E-state index in [2.05, 4.69) is 21.7 Å². The Balaban J connectivity index is 1.47. The molecule has 3 aromatic rings. The molecule has 29 heavy (non-hydrogen) atoms. The number of aromatic nitrogens is 2. The van der Waals surface area contributed by atoms with Gasteiger partial charge in [-0.1, -0.05) is 30.3 Å². The summed E-state index contributed by atoms with van der Waals surface area (Å²) in [6.07, 6.45) is 6.58. The van der Waals surface area contributed by atoms with Crippen LogP contribution in [-0.2, 0) is 19.6 Å². The van der Waals surface area contributed by atoms with Gasteiger partial charge in [0, 0.05) is 36.7 Å². The van der Waals surface area contributed by atoms with Crippen LogP contribution in [0.5, 0.6) is 5.75 Å². The molecule has 2 N–H and O–H groups in total. The fourth-order valence-electron chi connectivity index (χ4n) is 2.77. The van der Waals surface area contributed by atoms with Crippen molar-refractivity contribution in [2.24, 2.45) is 0 Å². The minimum absolute atomic E-state index is 0.246. The number of para-hydroxylation sites is 1. The maximum Gasteiger partial charge on any atom is 0.319 e. The third kappa shape index (κ3) is 6.40. The number of benzene rings is 2. The van der Waals surface area contributed by atoms with E-state index in [1.54, 1.807) is 12.5 Å². The highest BCUT2D eigenvalue weighted by atomic mass is 16.5. The first kappa shape index (κ1) is 20.0. The SMILES string of the molecule is N#CCc1ccc(OCc2ccccc2NC(=O)NCCCn2ccnc2)cc1. The lowest BCUT2D eigenvalue weighted by atomic mass is 10.1. The van der Waals surface area contributed by atoms with Gasteiger partial charge in [-0.15, -0.1) is 0 Å². The van der Waals surface area contributed by atoms with Gasteiger partial charge in [0.15, 0.2) is 0 Å². The maximum absolute atomic E-state index is 12.2. The monoisotopic (exact) mass is 389 g/mol. The Morgan fingerprint density at radius 2 is 2.00 bits per heavy atom. The van der Waals surface area contributed by atoms with Crippen LogP contribution in [-0.4, -0.2) is 22.1 Å². The second kappa shape index (κ2) is 10.5. The van der Waals surface area contributed by atoms with Crippen LogP contribution < -0.4 is 15.4 Å². The molecule has 148 valence electrons. The van der Waals surface area contributed by atoms with Gasteiger partial charge in [0.05, 0.1) is 18.8 Å². The summed E-state index contributed by atoms with van der Waals surface area (Å²) >= 11 is 0. The molecule has 2 aromatic carbocycles. The molecule has 0 aliphatic carbocycles. The number of urea groups is 1. The van der Waals surface area contributed by atoms with Crippen molar-refractivity contribution >= 4 is 11.7 Å². The molecular weight excluding hydrogens is 366 g/mol.